The Labute approximate surface area is 167 Å². The van der Waals surface area contributed by atoms with Crippen molar-refractivity contribution in [2.45, 2.75) is 4.90 Å². The molecule has 0 aliphatic carbocycles. The molecule has 0 saturated carbocycles. The second-order valence-electron chi connectivity index (χ2n) is 5.96. The van der Waals surface area contributed by atoms with Crippen molar-refractivity contribution in [3.05, 3.63) is 102 Å². The largest absolute Gasteiger partial charge is 0.482 e. The first-order chi connectivity index (χ1) is 13.6. The molecule has 1 N–H and O–H groups in total. The fourth-order valence-corrected chi connectivity index (χ4v) is 3.42. The van der Waals surface area contributed by atoms with Crippen LogP contribution in [0.2, 0.25) is 0 Å². The van der Waals surface area contributed by atoms with Crippen LogP contribution in [0.15, 0.2) is 89.8 Å². The van der Waals surface area contributed by atoms with Crippen molar-refractivity contribution < 1.29 is 19.0 Å². The van der Waals surface area contributed by atoms with Crippen molar-refractivity contribution in [3.63, 3.8) is 0 Å². The summed E-state index contributed by atoms with van der Waals surface area (Å²) < 4.78 is 18.4. The summed E-state index contributed by atoms with van der Waals surface area (Å²) in [6, 6.07) is 23.8. The molecule has 0 spiro atoms. The topological polar surface area (TPSA) is 46.5 Å². The van der Waals surface area contributed by atoms with E-state index in [9.17, 15) is 9.18 Å². The first-order valence-corrected chi connectivity index (χ1v) is 9.69. The van der Waals surface area contributed by atoms with Crippen LogP contribution in [0.5, 0.6) is 5.75 Å². The van der Waals surface area contributed by atoms with Gasteiger partial charge in [0.05, 0.1) is 0 Å². The summed E-state index contributed by atoms with van der Waals surface area (Å²) >= 11 is 1.65. The molecule has 0 aromatic heterocycles. The molecule has 0 saturated heterocycles. The molecule has 142 valence electrons. The molecule has 0 fully saturated rings. The van der Waals surface area contributed by atoms with E-state index in [1.165, 1.54) is 12.1 Å². The minimum atomic E-state index is -1.00. The van der Waals surface area contributed by atoms with E-state index in [1.807, 2.05) is 42.5 Å². The third-order valence-electron chi connectivity index (χ3n) is 3.96. The van der Waals surface area contributed by atoms with E-state index in [1.54, 1.807) is 36.0 Å². The molecule has 0 aliphatic rings. The van der Waals surface area contributed by atoms with Crippen LogP contribution < -0.4 is 4.74 Å². The van der Waals surface area contributed by atoms with Gasteiger partial charge in [-0.3, -0.25) is 0 Å². The maximum atomic E-state index is 13.3. The molecule has 0 radical (unpaired) electrons. The van der Waals surface area contributed by atoms with Crippen LogP contribution in [0.3, 0.4) is 0 Å². The number of hydrogen-bond donors (Lipinski definition) is 1. The fourth-order valence-electron chi connectivity index (χ4n) is 2.65. The summed E-state index contributed by atoms with van der Waals surface area (Å²) in [4.78, 5) is 11.6. The molecule has 3 aromatic carbocycles. The molecule has 0 amide bonds. The summed E-state index contributed by atoms with van der Waals surface area (Å²) in [5.41, 5.74) is 3.09. The number of carboxylic acids is 1. The summed E-state index contributed by atoms with van der Waals surface area (Å²) in [6.45, 7) is -0.354. The van der Waals surface area contributed by atoms with Gasteiger partial charge in [0.1, 0.15) is 11.6 Å². The summed E-state index contributed by atoms with van der Waals surface area (Å²) in [7, 11) is 0. The molecule has 0 aliphatic heterocycles. The normalized spacial score (nSPS) is 11.2. The van der Waals surface area contributed by atoms with Gasteiger partial charge in [-0.15, -0.1) is 11.8 Å². The van der Waals surface area contributed by atoms with Crippen LogP contribution in [0, 0.1) is 5.82 Å². The van der Waals surface area contributed by atoms with Gasteiger partial charge in [0.2, 0.25) is 0 Å². The number of halogens is 1. The molecule has 5 heteroatoms. The summed E-state index contributed by atoms with van der Waals surface area (Å²) in [6.07, 6.45) is 2.13. The number of thioether (sulfide) groups is 1. The van der Waals surface area contributed by atoms with Crippen molar-refractivity contribution in [2.24, 2.45) is 0 Å². The lowest BCUT2D eigenvalue weighted by Crippen LogP contribution is -2.09. The van der Waals surface area contributed by atoms with Crippen LogP contribution >= 0.6 is 11.8 Å². The Bertz CT molecular complexity index is 936. The maximum Gasteiger partial charge on any atom is 0.341 e. The van der Waals surface area contributed by atoms with Gasteiger partial charge in [0.15, 0.2) is 6.61 Å². The molecule has 0 atom stereocenters. The minimum Gasteiger partial charge on any atom is -0.482 e. The highest BCUT2D eigenvalue weighted by Gasteiger charge is 2.05. The number of carbonyl (C=O) groups is 1. The lowest BCUT2D eigenvalue weighted by Gasteiger charge is -2.09. The molecule has 3 aromatic rings. The molecule has 3 rings (SSSR count). The number of rotatable bonds is 8. The maximum absolute atomic E-state index is 13.3. The Balaban J connectivity index is 1.71. The van der Waals surface area contributed by atoms with Gasteiger partial charge in [-0.1, -0.05) is 48.5 Å². The van der Waals surface area contributed by atoms with Crippen molar-refractivity contribution in [1.82, 2.24) is 0 Å². The SMILES string of the molecule is O=C(O)COc1ccc(SC/C=C(\c2ccccc2)c2ccc(F)cc2)cc1. The lowest BCUT2D eigenvalue weighted by molar-refractivity contribution is -0.139. The summed E-state index contributed by atoms with van der Waals surface area (Å²) in [5, 5.41) is 8.64. The minimum absolute atomic E-state index is 0.254. The lowest BCUT2D eigenvalue weighted by atomic mass is 9.98. The van der Waals surface area contributed by atoms with E-state index >= 15 is 0 Å². The first-order valence-electron chi connectivity index (χ1n) is 8.71. The number of aliphatic carboxylic acids is 1. The van der Waals surface area contributed by atoms with E-state index in [4.69, 9.17) is 9.84 Å². The highest BCUT2D eigenvalue weighted by Crippen LogP contribution is 2.27. The van der Waals surface area contributed by atoms with Gasteiger partial charge >= 0.3 is 5.97 Å². The third kappa shape index (κ3) is 5.72. The summed E-state index contributed by atoms with van der Waals surface area (Å²) in [5.74, 6) is 0.00357. The predicted octanol–water partition coefficient (Wildman–Crippen LogP) is 5.51. The van der Waals surface area contributed by atoms with Crippen LogP contribution in [-0.4, -0.2) is 23.4 Å². The zero-order chi connectivity index (χ0) is 19.8. The van der Waals surface area contributed by atoms with Gasteiger partial charge < -0.3 is 9.84 Å². The van der Waals surface area contributed by atoms with Crippen molar-refractivity contribution >= 4 is 23.3 Å². The Morgan fingerprint density at radius 1 is 0.929 bits per heavy atom. The number of carboxylic acid groups (broad SMARTS) is 1. The third-order valence-corrected chi connectivity index (χ3v) is 4.90. The second-order valence-corrected chi connectivity index (χ2v) is 7.05. The smallest absolute Gasteiger partial charge is 0.341 e. The van der Waals surface area contributed by atoms with Gasteiger partial charge in [-0.2, -0.15) is 0 Å². The van der Waals surface area contributed by atoms with Crippen molar-refractivity contribution in [1.29, 1.82) is 0 Å². The van der Waals surface area contributed by atoms with Gasteiger partial charge in [-0.25, -0.2) is 9.18 Å². The molecular formula is C23H19FO3S. The monoisotopic (exact) mass is 394 g/mol. The van der Waals surface area contributed by atoms with E-state index in [-0.39, 0.29) is 12.4 Å². The first kappa shape index (κ1) is 19.7. The van der Waals surface area contributed by atoms with Crippen molar-refractivity contribution in [3.8, 4) is 5.75 Å². The van der Waals surface area contributed by atoms with E-state index < -0.39 is 5.97 Å². The molecular weight excluding hydrogens is 375 g/mol. The fraction of sp³-hybridized carbons (Fsp3) is 0.0870. The van der Waals surface area contributed by atoms with Crippen LogP contribution in [0.25, 0.3) is 5.57 Å². The molecule has 0 bridgehead atoms. The Kier molecular flexibility index (Phi) is 6.87. The van der Waals surface area contributed by atoms with Crippen LogP contribution in [0.4, 0.5) is 4.39 Å². The Morgan fingerprint density at radius 2 is 1.57 bits per heavy atom. The Hall–Kier alpha value is -3.05. The molecule has 0 heterocycles. The number of hydrogen-bond acceptors (Lipinski definition) is 3. The zero-order valence-corrected chi connectivity index (χ0v) is 15.9. The van der Waals surface area contributed by atoms with Gasteiger partial charge in [0, 0.05) is 10.6 Å². The molecule has 28 heavy (non-hydrogen) atoms. The van der Waals surface area contributed by atoms with Crippen LogP contribution in [-0.2, 0) is 4.79 Å². The Morgan fingerprint density at radius 3 is 2.21 bits per heavy atom. The quantitative estimate of drug-likeness (QED) is 0.512. The zero-order valence-electron chi connectivity index (χ0n) is 15.0. The van der Waals surface area contributed by atoms with E-state index in [0.717, 1.165) is 27.3 Å². The highest BCUT2D eigenvalue weighted by atomic mass is 32.2. The molecule has 3 nitrogen and oxygen atoms in total. The van der Waals surface area contributed by atoms with Gasteiger partial charge in [-0.05, 0) is 53.1 Å². The predicted molar refractivity (Wildman–Crippen MR) is 110 cm³/mol. The second kappa shape index (κ2) is 9.76. The van der Waals surface area contributed by atoms with Gasteiger partial charge in [0.25, 0.3) is 0 Å². The average molecular weight is 394 g/mol. The van der Waals surface area contributed by atoms with E-state index in [0.29, 0.717) is 5.75 Å². The van der Waals surface area contributed by atoms with Crippen LogP contribution in [0.1, 0.15) is 11.1 Å². The van der Waals surface area contributed by atoms with Crippen molar-refractivity contribution in [2.75, 3.05) is 12.4 Å². The van der Waals surface area contributed by atoms with E-state index in [2.05, 4.69) is 6.08 Å². The standard InChI is InChI=1S/C23H19FO3S/c24-19-8-6-18(7-9-19)22(17-4-2-1-3-5-17)14-15-28-21-12-10-20(11-13-21)27-16-23(25)26/h1-14H,15-16H2,(H,25,26)/b22-14+. The highest BCUT2D eigenvalue weighted by molar-refractivity contribution is 7.99. The molecule has 0 unspecified atom stereocenters. The number of ether oxygens (including phenoxy) is 1. The number of benzene rings is 3. The average Bonchev–Trinajstić information content (AvgIpc) is 2.72.